The second-order valence-corrected chi connectivity index (χ2v) is 6.36. The van der Waals surface area contributed by atoms with Crippen molar-refractivity contribution in [3.05, 3.63) is 76.5 Å². The average molecular weight is 333 g/mol. The third-order valence-corrected chi connectivity index (χ3v) is 4.53. The van der Waals surface area contributed by atoms with Crippen molar-refractivity contribution in [2.45, 2.75) is 25.3 Å². The maximum absolute atomic E-state index is 12.7. The van der Waals surface area contributed by atoms with Crippen LogP contribution in [-0.4, -0.2) is 22.0 Å². The lowest BCUT2D eigenvalue weighted by Crippen LogP contribution is -2.29. The van der Waals surface area contributed by atoms with E-state index in [2.05, 4.69) is 10.3 Å². The fourth-order valence-corrected chi connectivity index (χ4v) is 3.06. The molecule has 0 spiro atoms. The van der Waals surface area contributed by atoms with Crippen LogP contribution in [0, 0.1) is 0 Å². The lowest BCUT2D eigenvalue weighted by atomic mass is 10.1. The van der Waals surface area contributed by atoms with Crippen LogP contribution in [0.3, 0.4) is 0 Å². The standard InChI is InChI=1S/C20H19N3O2/c24-19(22-12-10-14-5-3-4-11-21-14)18-13-23(15-8-9-15)20(25)17-7-2-1-6-16(17)18/h1-7,11,13,15H,8-10,12H2,(H,22,24). The van der Waals surface area contributed by atoms with Gasteiger partial charge in [0, 0.05) is 47.9 Å². The first-order chi connectivity index (χ1) is 12.2. The summed E-state index contributed by atoms with van der Waals surface area (Å²) in [5.74, 6) is -0.151. The second-order valence-electron chi connectivity index (χ2n) is 6.36. The number of hydrogen-bond acceptors (Lipinski definition) is 3. The van der Waals surface area contributed by atoms with Crippen molar-refractivity contribution in [3.8, 4) is 0 Å². The van der Waals surface area contributed by atoms with Crippen molar-refractivity contribution in [1.29, 1.82) is 0 Å². The summed E-state index contributed by atoms with van der Waals surface area (Å²) in [4.78, 5) is 29.6. The summed E-state index contributed by atoms with van der Waals surface area (Å²) in [6.45, 7) is 0.507. The quantitative estimate of drug-likeness (QED) is 0.781. The molecule has 25 heavy (non-hydrogen) atoms. The van der Waals surface area contributed by atoms with Crippen LogP contribution in [0.2, 0.25) is 0 Å². The van der Waals surface area contributed by atoms with Gasteiger partial charge in [0.1, 0.15) is 0 Å². The van der Waals surface area contributed by atoms with Crippen LogP contribution in [0.4, 0.5) is 0 Å². The Kier molecular flexibility index (Phi) is 4.06. The Morgan fingerprint density at radius 2 is 1.88 bits per heavy atom. The summed E-state index contributed by atoms with van der Waals surface area (Å²) in [7, 11) is 0. The molecule has 1 aliphatic rings. The predicted octanol–water partition coefficient (Wildman–Crippen LogP) is 2.70. The zero-order chi connectivity index (χ0) is 17.2. The van der Waals surface area contributed by atoms with Gasteiger partial charge in [0.2, 0.25) is 0 Å². The third kappa shape index (κ3) is 3.18. The predicted molar refractivity (Wildman–Crippen MR) is 96.8 cm³/mol. The molecule has 1 amide bonds. The second kappa shape index (κ2) is 6.51. The highest BCUT2D eigenvalue weighted by molar-refractivity contribution is 6.06. The number of hydrogen-bond donors (Lipinski definition) is 1. The molecule has 0 atom stereocenters. The van der Waals surface area contributed by atoms with E-state index >= 15 is 0 Å². The van der Waals surface area contributed by atoms with Gasteiger partial charge < -0.3 is 9.88 Å². The smallest absolute Gasteiger partial charge is 0.258 e. The number of carbonyl (C=O) groups is 1. The number of benzene rings is 1. The fourth-order valence-electron chi connectivity index (χ4n) is 3.06. The van der Waals surface area contributed by atoms with Gasteiger partial charge in [0.25, 0.3) is 11.5 Å². The van der Waals surface area contributed by atoms with Crippen LogP contribution in [0.5, 0.6) is 0 Å². The van der Waals surface area contributed by atoms with Gasteiger partial charge in [0.15, 0.2) is 0 Å². The Bertz CT molecular complexity index is 975. The van der Waals surface area contributed by atoms with Gasteiger partial charge in [-0.1, -0.05) is 24.3 Å². The zero-order valence-electron chi connectivity index (χ0n) is 13.8. The summed E-state index contributed by atoms with van der Waals surface area (Å²) in [5.41, 5.74) is 1.49. The molecule has 2 aromatic heterocycles. The van der Waals surface area contributed by atoms with Gasteiger partial charge >= 0.3 is 0 Å². The van der Waals surface area contributed by atoms with Gasteiger partial charge in [-0.2, -0.15) is 0 Å². The first-order valence-electron chi connectivity index (χ1n) is 8.56. The van der Waals surface area contributed by atoms with E-state index in [0.717, 1.165) is 18.5 Å². The summed E-state index contributed by atoms with van der Waals surface area (Å²) < 4.78 is 1.72. The molecule has 2 heterocycles. The SMILES string of the molecule is O=C(NCCc1ccccn1)c1cn(C2CC2)c(=O)c2ccccc12. The summed E-state index contributed by atoms with van der Waals surface area (Å²) >= 11 is 0. The Balaban J connectivity index is 1.60. The topological polar surface area (TPSA) is 64.0 Å². The van der Waals surface area contributed by atoms with E-state index in [-0.39, 0.29) is 17.5 Å². The van der Waals surface area contributed by atoms with Gasteiger partial charge in [0.05, 0.1) is 5.56 Å². The molecule has 1 saturated carbocycles. The molecule has 1 N–H and O–H groups in total. The minimum Gasteiger partial charge on any atom is -0.352 e. The van der Waals surface area contributed by atoms with Crippen molar-refractivity contribution in [2.75, 3.05) is 6.54 Å². The monoisotopic (exact) mass is 333 g/mol. The van der Waals surface area contributed by atoms with Crippen LogP contribution in [0.15, 0.2) is 59.7 Å². The molecule has 4 rings (SSSR count). The molecule has 1 fully saturated rings. The summed E-state index contributed by atoms with van der Waals surface area (Å²) in [6, 6.07) is 13.3. The lowest BCUT2D eigenvalue weighted by Gasteiger charge is -2.12. The van der Waals surface area contributed by atoms with Gasteiger partial charge in [-0.05, 0) is 31.0 Å². The van der Waals surface area contributed by atoms with Gasteiger partial charge in [-0.3, -0.25) is 14.6 Å². The Labute approximate surface area is 145 Å². The molecule has 126 valence electrons. The number of nitrogens with zero attached hydrogens (tertiary/aromatic N) is 2. The fraction of sp³-hybridized carbons (Fsp3) is 0.250. The first-order valence-corrected chi connectivity index (χ1v) is 8.56. The average Bonchev–Trinajstić information content (AvgIpc) is 3.48. The molecule has 0 aliphatic heterocycles. The molecule has 1 aromatic carbocycles. The number of rotatable bonds is 5. The molecule has 0 radical (unpaired) electrons. The maximum atomic E-state index is 12.7. The van der Waals surface area contributed by atoms with Crippen molar-refractivity contribution in [2.24, 2.45) is 0 Å². The van der Waals surface area contributed by atoms with Crippen LogP contribution in [0.25, 0.3) is 10.8 Å². The number of nitrogens with one attached hydrogen (secondary N) is 1. The number of fused-ring (bicyclic) bond motifs is 1. The van der Waals surface area contributed by atoms with Crippen LogP contribution in [-0.2, 0) is 6.42 Å². The maximum Gasteiger partial charge on any atom is 0.258 e. The molecule has 0 saturated heterocycles. The Morgan fingerprint density at radius 3 is 2.60 bits per heavy atom. The summed E-state index contributed by atoms with van der Waals surface area (Å²) in [6.07, 6.45) is 6.14. The Morgan fingerprint density at radius 1 is 1.12 bits per heavy atom. The van der Waals surface area contributed by atoms with Gasteiger partial charge in [-0.15, -0.1) is 0 Å². The molecule has 1 aliphatic carbocycles. The van der Waals surface area contributed by atoms with Crippen LogP contribution in [0.1, 0.15) is 34.9 Å². The number of pyridine rings is 2. The lowest BCUT2D eigenvalue weighted by molar-refractivity contribution is 0.0955. The van der Waals surface area contributed by atoms with E-state index in [9.17, 15) is 9.59 Å². The zero-order valence-corrected chi connectivity index (χ0v) is 13.8. The van der Waals surface area contributed by atoms with E-state index in [1.54, 1.807) is 23.0 Å². The highest BCUT2D eigenvalue weighted by atomic mass is 16.2. The van der Waals surface area contributed by atoms with E-state index in [1.807, 2.05) is 36.4 Å². The molecule has 3 aromatic rings. The number of carbonyl (C=O) groups excluding carboxylic acids is 1. The molecule has 0 bridgehead atoms. The van der Waals surface area contributed by atoms with Crippen molar-refractivity contribution >= 4 is 16.7 Å². The highest BCUT2D eigenvalue weighted by Crippen LogP contribution is 2.34. The van der Waals surface area contributed by atoms with E-state index in [4.69, 9.17) is 0 Å². The van der Waals surface area contributed by atoms with E-state index in [0.29, 0.717) is 29.3 Å². The van der Waals surface area contributed by atoms with E-state index < -0.39 is 0 Å². The van der Waals surface area contributed by atoms with Crippen LogP contribution >= 0.6 is 0 Å². The minimum atomic E-state index is -0.151. The highest BCUT2D eigenvalue weighted by Gasteiger charge is 2.26. The van der Waals surface area contributed by atoms with Crippen molar-refractivity contribution in [3.63, 3.8) is 0 Å². The van der Waals surface area contributed by atoms with Crippen molar-refractivity contribution < 1.29 is 4.79 Å². The first kappa shape index (κ1) is 15.6. The number of amides is 1. The summed E-state index contributed by atoms with van der Waals surface area (Å²) in [5, 5.41) is 4.26. The third-order valence-electron chi connectivity index (χ3n) is 4.53. The van der Waals surface area contributed by atoms with Crippen LogP contribution < -0.4 is 10.9 Å². The molecule has 5 heteroatoms. The van der Waals surface area contributed by atoms with Gasteiger partial charge in [-0.25, -0.2) is 0 Å². The largest absolute Gasteiger partial charge is 0.352 e. The molecule has 0 unspecified atom stereocenters. The van der Waals surface area contributed by atoms with E-state index in [1.165, 1.54) is 0 Å². The minimum absolute atomic E-state index is 0.0110. The Hall–Kier alpha value is -2.95. The van der Waals surface area contributed by atoms with Crippen molar-refractivity contribution in [1.82, 2.24) is 14.9 Å². The molecular formula is C20H19N3O2. The molecular weight excluding hydrogens is 314 g/mol. The molecule has 5 nitrogen and oxygen atoms in total. The normalized spacial score (nSPS) is 13.8. The number of aromatic nitrogens is 2.